The zero-order valence-electron chi connectivity index (χ0n) is 16.2. The first kappa shape index (κ1) is 19.6. The lowest BCUT2D eigenvalue weighted by molar-refractivity contribution is -0.145. The first-order chi connectivity index (χ1) is 13.6. The molecule has 0 amide bonds. The third kappa shape index (κ3) is 4.95. The van der Waals surface area contributed by atoms with Crippen molar-refractivity contribution < 1.29 is 14.3 Å². The molecule has 142 valence electrons. The number of ketones is 1. The van der Waals surface area contributed by atoms with Crippen LogP contribution in [0.1, 0.15) is 35.3 Å². The minimum absolute atomic E-state index is 0.140. The minimum atomic E-state index is -0.802. The van der Waals surface area contributed by atoms with E-state index in [-0.39, 0.29) is 12.2 Å². The van der Waals surface area contributed by atoms with E-state index >= 15 is 0 Å². The molecule has 0 heterocycles. The first-order valence-electron chi connectivity index (χ1n) is 9.54. The predicted molar refractivity (Wildman–Crippen MR) is 111 cm³/mol. The van der Waals surface area contributed by atoms with Crippen LogP contribution in [0.4, 0.5) is 0 Å². The molecule has 0 unspecified atom stereocenters. The molecule has 0 bridgehead atoms. The van der Waals surface area contributed by atoms with Gasteiger partial charge in [0.2, 0.25) is 5.78 Å². The number of benzene rings is 3. The highest BCUT2D eigenvalue weighted by Gasteiger charge is 2.19. The summed E-state index contributed by atoms with van der Waals surface area (Å²) in [5.41, 5.74) is 4.81. The van der Waals surface area contributed by atoms with Crippen molar-refractivity contribution >= 4 is 11.8 Å². The summed E-state index contributed by atoms with van der Waals surface area (Å²) in [5.74, 6) is -0.589. The molecule has 0 N–H and O–H groups in total. The summed E-state index contributed by atoms with van der Waals surface area (Å²) in [4.78, 5) is 24.7. The number of Topliss-reactive ketones (excluding diaryl/α,β-unsaturated/α-hetero) is 1. The summed E-state index contributed by atoms with van der Waals surface area (Å²) in [6, 6.07) is 25.3. The summed E-state index contributed by atoms with van der Waals surface area (Å²) in [6.45, 7) is 3.68. The third-order valence-electron chi connectivity index (χ3n) is 4.73. The van der Waals surface area contributed by atoms with E-state index in [0.29, 0.717) is 5.56 Å². The summed E-state index contributed by atoms with van der Waals surface area (Å²) in [7, 11) is 0. The van der Waals surface area contributed by atoms with Gasteiger partial charge >= 0.3 is 5.97 Å². The number of carbonyl (C=O) groups excluding carboxylic acids is 2. The van der Waals surface area contributed by atoms with Gasteiger partial charge in [0.25, 0.3) is 0 Å². The second-order valence-electron chi connectivity index (χ2n) is 6.79. The van der Waals surface area contributed by atoms with Gasteiger partial charge in [0.05, 0.1) is 6.42 Å². The Hall–Kier alpha value is -3.20. The fourth-order valence-electron chi connectivity index (χ4n) is 3.04. The van der Waals surface area contributed by atoms with Gasteiger partial charge in [-0.05, 0) is 35.6 Å². The standard InChI is InChI=1S/C25H24O3/c1-3-19-9-15-23(16-10-19)25(27)18(2)28-24(26)17-20-11-13-22(14-12-20)21-7-5-4-6-8-21/h4-16,18H,3,17H2,1-2H3/t18-/m1/s1. The van der Waals surface area contributed by atoms with Crippen LogP contribution in [0.5, 0.6) is 0 Å². The summed E-state index contributed by atoms with van der Waals surface area (Å²) >= 11 is 0. The quantitative estimate of drug-likeness (QED) is 0.419. The average Bonchev–Trinajstić information content (AvgIpc) is 2.74. The van der Waals surface area contributed by atoms with Crippen molar-refractivity contribution in [3.63, 3.8) is 0 Å². The number of carbonyl (C=O) groups is 2. The molecule has 3 rings (SSSR count). The van der Waals surface area contributed by atoms with Gasteiger partial charge in [-0.1, -0.05) is 85.8 Å². The number of hydrogen-bond acceptors (Lipinski definition) is 3. The largest absolute Gasteiger partial charge is 0.454 e. The average molecular weight is 372 g/mol. The Balaban J connectivity index is 1.57. The lowest BCUT2D eigenvalue weighted by atomic mass is 10.0. The van der Waals surface area contributed by atoms with E-state index in [1.54, 1.807) is 19.1 Å². The molecule has 0 aliphatic carbocycles. The zero-order valence-corrected chi connectivity index (χ0v) is 16.2. The van der Waals surface area contributed by atoms with Crippen molar-refractivity contribution in [2.75, 3.05) is 0 Å². The molecule has 1 atom stereocenters. The van der Waals surface area contributed by atoms with E-state index in [1.165, 1.54) is 5.56 Å². The van der Waals surface area contributed by atoms with E-state index < -0.39 is 12.1 Å². The maximum Gasteiger partial charge on any atom is 0.310 e. The van der Waals surface area contributed by atoms with Gasteiger partial charge in [0.1, 0.15) is 0 Å². The fourth-order valence-corrected chi connectivity index (χ4v) is 3.04. The van der Waals surface area contributed by atoms with Crippen molar-refractivity contribution in [2.45, 2.75) is 32.8 Å². The molecule has 3 aromatic carbocycles. The number of esters is 1. The first-order valence-corrected chi connectivity index (χ1v) is 9.54. The topological polar surface area (TPSA) is 43.4 Å². The smallest absolute Gasteiger partial charge is 0.310 e. The molecule has 3 heteroatoms. The van der Waals surface area contributed by atoms with Gasteiger partial charge in [-0.15, -0.1) is 0 Å². The van der Waals surface area contributed by atoms with Crippen molar-refractivity contribution in [1.29, 1.82) is 0 Å². The van der Waals surface area contributed by atoms with Crippen LogP contribution in [-0.2, 0) is 22.4 Å². The van der Waals surface area contributed by atoms with Crippen LogP contribution < -0.4 is 0 Å². The molecule has 0 aliphatic heterocycles. The van der Waals surface area contributed by atoms with E-state index in [9.17, 15) is 9.59 Å². The number of aryl methyl sites for hydroxylation is 1. The maximum atomic E-state index is 12.5. The molecule has 0 radical (unpaired) electrons. The lowest BCUT2D eigenvalue weighted by Gasteiger charge is -2.13. The van der Waals surface area contributed by atoms with E-state index in [2.05, 4.69) is 6.92 Å². The molecule has 3 aromatic rings. The minimum Gasteiger partial charge on any atom is -0.454 e. The molecule has 0 fully saturated rings. The van der Waals surface area contributed by atoms with Gasteiger partial charge in [-0.25, -0.2) is 0 Å². The molecule has 0 aliphatic rings. The fraction of sp³-hybridized carbons (Fsp3) is 0.200. The van der Waals surface area contributed by atoms with Crippen LogP contribution in [0.15, 0.2) is 78.9 Å². The summed E-state index contributed by atoms with van der Waals surface area (Å²) < 4.78 is 5.35. The molecule has 0 saturated heterocycles. The Morgan fingerprint density at radius 1 is 0.786 bits per heavy atom. The van der Waals surface area contributed by atoms with Crippen molar-refractivity contribution in [1.82, 2.24) is 0 Å². The van der Waals surface area contributed by atoms with E-state index in [0.717, 1.165) is 23.1 Å². The predicted octanol–water partition coefficient (Wildman–Crippen LogP) is 5.27. The molecular weight excluding hydrogens is 348 g/mol. The zero-order chi connectivity index (χ0) is 19.9. The van der Waals surface area contributed by atoms with Crippen LogP contribution in [0.25, 0.3) is 11.1 Å². The summed E-state index contributed by atoms with van der Waals surface area (Å²) in [6.07, 6.45) is 0.257. The lowest BCUT2D eigenvalue weighted by Crippen LogP contribution is -2.25. The Labute approximate surface area is 166 Å². The Bertz CT molecular complexity index is 926. The Kier molecular flexibility index (Phi) is 6.38. The second-order valence-corrected chi connectivity index (χ2v) is 6.79. The van der Waals surface area contributed by atoms with Gasteiger partial charge < -0.3 is 4.74 Å². The number of ether oxygens (including phenoxy) is 1. The van der Waals surface area contributed by atoms with E-state index in [1.807, 2.05) is 66.7 Å². The number of rotatable bonds is 7. The molecule has 28 heavy (non-hydrogen) atoms. The van der Waals surface area contributed by atoms with Gasteiger partial charge in [-0.3, -0.25) is 9.59 Å². The van der Waals surface area contributed by atoms with Crippen LogP contribution in [0.2, 0.25) is 0 Å². The molecule has 0 saturated carbocycles. The van der Waals surface area contributed by atoms with Crippen molar-refractivity contribution in [2.24, 2.45) is 0 Å². The highest BCUT2D eigenvalue weighted by atomic mass is 16.5. The van der Waals surface area contributed by atoms with Gasteiger partial charge in [-0.2, -0.15) is 0 Å². The Morgan fingerprint density at radius 3 is 1.96 bits per heavy atom. The van der Waals surface area contributed by atoms with Crippen molar-refractivity contribution in [3.8, 4) is 11.1 Å². The normalized spacial score (nSPS) is 11.6. The maximum absolute atomic E-state index is 12.5. The molecule has 0 aromatic heterocycles. The van der Waals surface area contributed by atoms with Crippen molar-refractivity contribution in [3.05, 3.63) is 95.6 Å². The van der Waals surface area contributed by atoms with Crippen LogP contribution in [0.3, 0.4) is 0 Å². The highest BCUT2D eigenvalue weighted by Crippen LogP contribution is 2.19. The summed E-state index contributed by atoms with van der Waals surface area (Å²) in [5, 5.41) is 0. The van der Waals surface area contributed by atoms with Gasteiger partial charge in [0, 0.05) is 5.56 Å². The highest BCUT2D eigenvalue weighted by molar-refractivity contribution is 6.00. The van der Waals surface area contributed by atoms with Crippen LogP contribution >= 0.6 is 0 Å². The third-order valence-corrected chi connectivity index (χ3v) is 4.73. The van der Waals surface area contributed by atoms with Crippen LogP contribution in [-0.4, -0.2) is 17.9 Å². The monoisotopic (exact) mass is 372 g/mol. The van der Waals surface area contributed by atoms with E-state index in [4.69, 9.17) is 4.74 Å². The number of hydrogen-bond donors (Lipinski definition) is 0. The molecule has 0 spiro atoms. The van der Waals surface area contributed by atoms with Crippen LogP contribution in [0, 0.1) is 0 Å². The second kappa shape index (κ2) is 9.14. The SMILES string of the molecule is CCc1ccc(C(=O)[C@@H](C)OC(=O)Cc2ccc(-c3ccccc3)cc2)cc1. The van der Waals surface area contributed by atoms with Gasteiger partial charge in [0.15, 0.2) is 6.10 Å². The molecule has 3 nitrogen and oxygen atoms in total. The molecular formula is C25H24O3. The Morgan fingerprint density at radius 2 is 1.36 bits per heavy atom.